The molecule has 1 aliphatic rings. The molecule has 8 nitrogen and oxygen atoms in total. The van der Waals surface area contributed by atoms with E-state index in [4.69, 9.17) is 4.74 Å². The Kier molecular flexibility index (Phi) is 6.16. The van der Waals surface area contributed by atoms with E-state index >= 15 is 0 Å². The van der Waals surface area contributed by atoms with Crippen molar-refractivity contribution in [1.29, 1.82) is 0 Å². The quantitative estimate of drug-likeness (QED) is 0.627. The molecule has 1 unspecified atom stereocenters. The minimum Gasteiger partial charge on any atom is -0.474 e. The van der Waals surface area contributed by atoms with Crippen LogP contribution in [0, 0.1) is 20.8 Å². The molecule has 8 heteroatoms. The second-order valence-electron chi connectivity index (χ2n) is 7.76. The predicted octanol–water partition coefficient (Wildman–Crippen LogP) is 3.33. The molecular weight excluding hydrogens is 392 g/mol. The Morgan fingerprint density at radius 2 is 1.87 bits per heavy atom. The SMILES string of the molecule is Cc1ccc(-c2ncccn2)c(C(=O)N2CCCCC2COc2cnc(C)c(C)n2)n1. The van der Waals surface area contributed by atoms with Gasteiger partial charge in [-0.05, 0) is 58.2 Å². The van der Waals surface area contributed by atoms with E-state index in [-0.39, 0.29) is 11.9 Å². The highest BCUT2D eigenvalue weighted by atomic mass is 16.5. The third-order valence-electron chi connectivity index (χ3n) is 5.53. The van der Waals surface area contributed by atoms with Crippen LogP contribution in [0.2, 0.25) is 0 Å². The molecule has 0 aliphatic carbocycles. The number of ether oxygens (including phenoxy) is 1. The van der Waals surface area contributed by atoms with Crippen LogP contribution in [-0.4, -0.2) is 54.9 Å². The van der Waals surface area contributed by atoms with Crippen LogP contribution in [0.15, 0.2) is 36.8 Å². The summed E-state index contributed by atoms with van der Waals surface area (Å²) in [5.41, 5.74) is 3.51. The van der Waals surface area contributed by atoms with Crippen molar-refractivity contribution in [2.24, 2.45) is 0 Å². The molecule has 1 aliphatic heterocycles. The molecular formula is C23H26N6O2. The first kappa shape index (κ1) is 20.8. The van der Waals surface area contributed by atoms with Gasteiger partial charge in [-0.3, -0.25) is 9.78 Å². The molecule has 3 aromatic heterocycles. The zero-order valence-electron chi connectivity index (χ0n) is 18.1. The first-order valence-corrected chi connectivity index (χ1v) is 10.5. The number of pyridine rings is 1. The second kappa shape index (κ2) is 9.16. The summed E-state index contributed by atoms with van der Waals surface area (Å²) in [6.07, 6.45) is 7.83. The lowest BCUT2D eigenvalue weighted by Gasteiger charge is -2.35. The molecule has 0 bridgehead atoms. The van der Waals surface area contributed by atoms with Crippen molar-refractivity contribution in [1.82, 2.24) is 29.8 Å². The van der Waals surface area contributed by atoms with Crippen LogP contribution in [0.3, 0.4) is 0 Å². The average Bonchev–Trinajstić information content (AvgIpc) is 2.80. The normalized spacial score (nSPS) is 16.2. The fourth-order valence-corrected chi connectivity index (χ4v) is 3.69. The van der Waals surface area contributed by atoms with E-state index in [1.807, 2.05) is 37.8 Å². The number of aryl methyl sites for hydroxylation is 3. The van der Waals surface area contributed by atoms with E-state index in [9.17, 15) is 4.79 Å². The number of nitrogens with zero attached hydrogens (tertiary/aromatic N) is 6. The van der Waals surface area contributed by atoms with Crippen molar-refractivity contribution in [3.05, 3.63) is 59.6 Å². The molecule has 160 valence electrons. The third kappa shape index (κ3) is 4.68. The Hall–Kier alpha value is -3.42. The van der Waals surface area contributed by atoms with Crippen molar-refractivity contribution in [3.8, 4) is 17.3 Å². The summed E-state index contributed by atoms with van der Waals surface area (Å²) in [5.74, 6) is 0.854. The van der Waals surface area contributed by atoms with Gasteiger partial charge in [0.05, 0.1) is 29.2 Å². The highest BCUT2D eigenvalue weighted by molar-refractivity contribution is 5.98. The van der Waals surface area contributed by atoms with Gasteiger partial charge in [0.15, 0.2) is 5.82 Å². The van der Waals surface area contributed by atoms with Gasteiger partial charge < -0.3 is 9.64 Å². The molecule has 1 saturated heterocycles. The molecule has 3 aromatic rings. The summed E-state index contributed by atoms with van der Waals surface area (Å²) in [7, 11) is 0. The maximum atomic E-state index is 13.6. The van der Waals surface area contributed by atoms with Crippen molar-refractivity contribution in [3.63, 3.8) is 0 Å². The number of carbonyl (C=O) groups is 1. The van der Waals surface area contributed by atoms with Gasteiger partial charge in [-0.15, -0.1) is 0 Å². The summed E-state index contributed by atoms with van der Waals surface area (Å²) in [6.45, 7) is 6.72. The summed E-state index contributed by atoms with van der Waals surface area (Å²) < 4.78 is 5.92. The van der Waals surface area contributed by atoms with E-state index in [0.717, 1.165) is 36.3 Å². The van der Waals surface area contributed by atoms with Crippen molar-refractivity contribution >= 4 is 5.91 Å². The van der Waals surface area contributed by atoms with Gasteiger partial charge in [0.1, 0.15) is 12.3 Å². The molecule has 0 saturated carbocycles. The van der Waals surface area contributed by atoms with Crippen LogP contribution in [0.5, 0.6) is 5.88 Å². The zero-order valence-corrected chi connectivity index (χ0v) is 18.1. The van der Waals surface area contributed by atoms with Gasteiger partial charge in [0, 0.05) is 24.6 Å². The summed E-state index contributed by atoms with van der Waals surface area (Å²) in [6, 6.07) is 5.43. The third-order valence-corrected chi connectivity index (χ3v) is 5.53. The molecule has 0 radical (unpaired) electrons. The maximum Gasteiger partial charge on any atom is 0.273 e. The fraction of sp³-hybridized carbons (Fsp3) is 0.391. The van der Waals surface area contributed by atoms with Crippen molar-refractivity contribution in [2.75, 3.05) is 13.2 Å². The van der Waals surface area contributed by atoms with Crippen LogP contribution in [0.25, 0.3) is 11.4 Å². The molecule has 0 N–H and O–H groups in total. The number of likely N-dealkylation sites (tertiary alicyclic amines) is 1. The van der Waals surface area contributed by atoms with E-state index in [1.54, 1.807) is 24.7 Å². The van der Waals surface area contributed by atoms with Gasteiger partial charge in [-0.1, -0.05) is 0 Å². The van der Waals surface area contributed by atoms with Crippen LogP contribution < -0.4 is 4.74 Å². The fourth-order valence-electron chi connectivity index (χ4n) is 3.69. The number of aromatic nitrogens is 5. The Morgan fingerprint density at radius 1 is 1.06 bits per heavy atom. The van der Waals surface area contributed by atoms with Crippen LogP contribution in [0.1, 0.15) is 46.8 Å². The Morgan fingerprint density at radius 3 is 2.65 bits per heavy atom. The van der Waals surface area contributed by atoms with E-state index in [0.29, 0.717) is 36.1 Å². The molecule has 0 spiro atoms. The van der Waals surface area contributed by atoms with Crippen LogP contribution in [-0.2, 0) is 0 Å². The Balaban J connectivity index is 1.57. The molecule has 4 heterocycles. The van der Waals surface area contributed by atoms with Crippen molar-refractivity contribution < 1.29 is 9.53 Å². The number of hydrogen-bond acceptors (Lipinski definition) is 7. The van der Waals surface area contributed by atoms with E-state index in [2.05, 4.69) is 24.9 Å². The minimum atomic E-state index is -0.120. The first-order chi connectivity index (χ1) is 15.0. The minimum absolute atomic E-state index is 0.0588. The second-order valence-corrected chi connectivity index (χ2v) is 7.76. The largest absolute Gasteiger partial charge is 0.474 e. The average molecular weight is 419 g/mol. The summed E-state index contributed by atoms with van der Waals surface area (Å²) >= 11 is 0. The Bertz CT molecular complexity index is 1070. The monoisotopic (exact) mass is 418 g/mol. The molecule has 1 atom stereocenters. The summed E-state index contributed by atoms with van der Waals surface area (Å²) in [5, 5.41) is 0. The van der Waals surface area contributed by atoms with Gasteiger partial charge >= 0.3 is 0 Å². The van der Waals surface area contributed by atoms with Crippen molar-refractivity contribution in [2.45, 2.75) is 46.1 Å². The van der Waals surface area contributed by atoms with Gasteiger partial charge in [0.2, 0.25) is 5.88 Å². The van der Waals surface area contributed by atoms with Gasteiger partial charge in [0.25, 0.3) is 5.91 Å². The number of carbonyl (C=O) groups excluding carboxylic acids is 1. The topological polar surface area (TPSA) is 94.0 Å². The molecule has 1 amide bonds. The maximum absolute atomic E-state index is 13.6. The number of amides is 1. The van der Waals surface area contributed by atoms with E-state index in [1.165, 1.54) is 0 Å². The smallest absolute Gasteiger partial charge is 0.273 e. The molecule has 4 rings (SSSR count). The lowest BCUT2D eigenvalue weighted by Crippen LogP contribution is -2.47. The number of piperidine rings is 1. The highest BCUT2D eigenvalue weighted by Gasteiger charge is 2.31. The zero-order chi connectivity index (χ0) is 21.8. The summed E-state index contributed by atoms with van der Waals surface area (Å²) in [4.78, 5) is 37.4. The van der Waals surface area contributed by atoms with Crippen LogP contribution in [0.4, 0.5) is 0 Å². The van der Waals surface area contributed by atoms with Gasteiger partial charge in [-0.25, -0.2) is 19.9 Å². The number of rotatable bonds is 5. The number of hydrogen-bond donors (Lipinski definition) is 0. The van der Waals surface area contributed by atoms with Gasteiger partial charge in [-0.2, -0.15) is 0 Å². The molecule has 1 fully saturated rings. The Labute approximate surface area is 181 Å². The standard InChI is InChI=1S/C23H26N6O2/c1-15-8-9-19(22-24-10-6-11-25-22)21(27-15)23(30)29-12-5-4-7-18(29)14-31-20-13-26-16(2)17(3)28-20/h6,8-11,13,18H,4-5,7,12,14H2,1-3H3. The highest BCUT2D eigenvalue weighted by Crippen LogP contribution is 2.25. The first-order valence-electron chi connectivity index (χ1n) is 10.5. The van der Waals surface area contributed by atoms with Crippen LogP contribution >= 0.6 is 0 Å². The lowest BCUT2D eigenvalue weighted by atomic mass is 10.0. The van der Waals surface area contributed by atoms with E-state index < -0.39 is 0 Å². The molecule has 0 aromatic carbocycles. The lowest BCUT2D eigenvalue weighted by molar-refractivity contribution is 0.0518. The molecule has 31 heavy (non-hydrogen) atoms. The predicted molar refractivity (Wildman–Crippen MR) is 116 cm³/mol.